The van der Waals surface area contributed by atoms with Crippen molar-refractivity contribution >= 4 is 17.0 Å². The Morgan fingerprint density at radius 1 is 1.14 bits per heavy atom. The first-order valence-electron chi connectivity index (χ1n) is 6.74. The maximum Gasteiger partial charge on any atom is 0.255 e. The minimum Gasteiger partial charge on any atom is -0.368 e. The fourth-order valence-corrected chi connectivity index (χ4v) is 2.46. The topological polar surface area (TPSA) is 73.8 Å². The van der Waals surface area contributed by atoms with Gasteiger partial charge < -0.3 is 5.73 Å². The van der Waals surface area contributed by atoms with Crippen LogP contribution in [0.2, 0.25) is 0 Å². The molecule has 0 aliphatic heterocycles. The van der Waals surface area contributed by atoms with E-state index in [2.05, 4.69) is 9.97 Å². The van der Waals surface area contributed by atoms with Gasteiger partial charge in [0, 0.05) is 10.9 Å². The van der Waals surface area contributed by atoms with Gasteiger partial charge >= 0.3 is 0 Å². The molecule has 2 aromatic heterocycles. The largest absolute Gasteiger partial charge is 0.368 e. The summed E-state index contributed by atoms with van der Waals surface area (Å²) in [6.07, 6.45) is 0. The third-order valence-corrected chi connectivity index (χ3v) is 3.52. The van der Waals surface area contributed by atoms with Crippen molar-refractivity contribution in [3.8, 4) is 0 Å². The second-order valence-electron chi connectivity index (χ2n) is 5.11. The predicted octanol–water partition coefficient (Wildman–Crippen LogP) is 2.04. The number of hydrogen-bond acceptors (Lipinski definition) is 4. The van der Waals surface area contributed by atoms with Gasteiger partial charge in [-0.3, -0.25) is 9.36 Å². The number of aryl methyl sites for hydroxylation is 2. The summed E-state index contributed by atoms with van der Waals surface area (Å²) in [6.45, 7) is 4.14. The Hall–Kier alpha value is -2.69. The lowest BCUT2D eigenvalue weighted by molar-refractivity contribution is 0.774. The third kappa shape index (κ3) is 2.38. The molecule has 0 unspecified atom stereocenters. The molecule has 0 spiro atoms. The van der Waals surface area contributed by atoms with E-state index in [1.807, 2.05) is 43.3 Å². The van der Waals surface area contributed by atoms with Crippen molar-refractivity contribution in [1.82, 2.24) is 14.5 Å². The van der Waals surface area contributed by atoms with Crippen molar-refractivity contribution in [2.75, 3.05) is 5.73 Å². The van der Waals surface area contributed by atoms with Gasteiger partial charge in [0.15, 0.2) is 0 Å². The molecule has 0 atom stereocenters. The monoisotopic (exact) mass is 280 g/mol. The maximum absolute atomic E-state index is 12.5. The van der Waals surface area contributed by atoms with Gasteiger partial charge in [-0.05, 0) is 25.5 Å². The molecule has 3 rings (SSSR count). The summed E-state index contributed by atoms with van der Waals surface area (Å²) >= 11 is 0. The lowest BCUT2D eigenvalue weighted by atomic mass is 10.1. The van der Waals surface area contributed by atoms with Gasteiger partial charge in [0.25, 0.3) is 5.56 Å². The van der Waals surface area contributed by atoms with Crippen LogP contribution in [0.1, 0.15) is 16.8 Å². The summed E-state index contributed by atoms with van der Waals surface area (Å²) in [5.41, 5.74) is 8.77. The molecule has 21 heavy (non-hydrogen) atoms. The molecule has 0 fully saturated rings. The number of hydrogen-bond donors (Lipinski definition) is 1. The number of nitrogens with zero attached hydrogens (tertiary/aromatic N) is 3. The fraction of sp³-hybridized carbons (Fsp3) is 0.188. The first-order chi connectivity index (χ1) is 10.1. The van der Waals surface area contributed by atoms with Gasteiger partial charge in [-0.2, -0.15) is 4.98 Å². The molecule has 1 aromatic carbocycles. The highest BCUT2D eigenvalue weighted by molar-refractivity contribution is 5.79. The lowest BCUT2D eigenvalue weighted by Crippen LogP contribution is -2.24. The molecule has 3 aromatic rings. The molecule has 106 valence electrons. The average Bonchev–Trinajstić information content (AvgIpc) is 2.46. The van der Waals surface area contributed by atoms with Gasteiger partial charge in [-0.25, -0.2) is 4.98 Å². The highest BCUT2D eigenvalue weighted by atomic mass is 16.1. The van der Waals surface area contributed by atoms with Gasteiger partial charge in [0.1, 0.15) is 5.65 Å². The van der Waals surface area contributed by atoms with E-state index < -0.39 is 0 Å². The molecule has 5 heteroatoms. The summed E-state index contributed by atoms with van der Waals surface area (Å²) in [7, 11) is 0. The molecule has 0 aliphatic carbocycles. The van der Waals surface area contributed by atoms with Gasteiger partial charge in [-0.1, -0.05) is 30.3 Å². The minimum absolute atomic E-state index is 0.0520. The first kappa shape index (κ1) is 13.3. The fourth-order valence-electron chi connectivity index (χ4n) is 2.46. The van der Waals surface area contributed by atoms with E-state index in [1.54, 1.807) is 11.5 Å². The Bertz CT molecular complexity index is 869. The number of nitrogen functional groups attached to an aromatic ring is 1. The Labute approximate surface area is 122 Å². The van der Waals surface area contributed by atoms with Crippen molar-refractivity contribution in [2.24, 2.45) is 0 Å². The molecular formula is C16H16N4O. The quantitative estimate of drug-likeness (QED) is 0.779. The Morgan fingerprint density at radius 3 is 2.57 bits per heavy atom. The number of rotatable bonds is 2. The van der Waals surface area contributed by atoms with Crippen LogP contribution >= 0.6 is 0 Å². The van der Waals surface area contributed by atoms with Gasteiger partial charge in [-0.15, -0.1) is 0 Å². The van der Waals surface area contributed by atoms with Crippen molar-refractivity contribution in [1.29, 1.82) is 0 Å². The Kier molecular flexibility index (Phi) is 3.17. The van der Waals surface area contributed by atoms with Crippen LogP contribution in [0.5, 0.6) is 0 Å². The highest BCUT2D eigenvalue weighted by Gasteiger charge is 2.11. The molecule has 0 bridgehead atoms. The Balaban J connectivity index is 2.29. The van der Waals surface area contributed by atoms with Crippen LogP contribution in [0, 0.1) is 13.8 Å². The second kappa shape index (κ2) is 5.01. The van der Waals surface area contributed by atoms with E-state index in [9.17, 15) is 4.79 Å². The van der Waals surface area contributed by atoms with Crippen molar-refractivity contribution in [3.05, 3.63) is 63.6 Å². The molecule has 5 nitrogen and oxygen atoms in total. The number of fused-ring (bicyclic) bond motifs is 1. The van der Waals surface area contributed by atoms with E-state index >= 15 is 0 Å². The zero-order valence-electron chi connectivity index (χ0n) is 12.0. The van der Waals surface area contributed by atoms with Crippen molar-refractivity contribution in [2.45, 2.75) is 20.4 Å². The molecular weight excluding hydrogens is 264 g/mol. The molecule has 0 radical (unpaired) electrons. The summed E-state index contributed by atoms with van der Waals surface area (Å²) < 4.78 is 1.66. The maximum atomic E-state index is 12.5. The van der Waals surface area contributed by atoms with Crippen LogP contribution in [-0.4, -0.2) is 14.5 Å². The van der Waals surface area contributed by atoms with E-state index in [-0.39, 0.29) is 11.5 Å². The van der Waals surface area contributed by atoms with E-state index in [1.165, 1.54) is 0 Å². The SMILES string of the molecule is Cc1cc2c(C)nc(N)nc2n(Cc2ccccc2)c1=O. The first-order valence-corrected chi connectivity index (χ1v) is 6.74. The lowest BCUT2D eigenvalue weighted by Gasteiger charge is -2.12. The minimum atomic E-state index is -0.0520. The van der Waals surface area contributed by atoms with E-state index in [0.717, 1.165) is 16.6 Å². The van der Waals surface area contributed by atoms with Gasteiger partial charge in [0.05, 0.1) is 12.2 Å². The smallest absolute Gasteiger partial charge is 0.255 e. The van der Waals surface area contributed by atoms with Crippen LogP contribution in [0.3, 0.4) is 0 Å². The number of pyridine rings is 1. The normalized spacial score (nSPS) is 11.0. The molecule has 0 aliphatic rings. The van der Waals surface area contributed by atoms with Crippen LogP contribution in [0.4, 0.5) is 5.95 Å². The predicted molar refractivity (Wildman–Crippen MR) is 83.2 cm³/mol. The van der Waals surface area contributed by atoms with Crippen LogP contribution in [-0.2, 0) is 6.54 Å². The summed E-state index contributed by atoms with van der Waals surface area (Å²) in [4.78, 5) is 20.9. The standard InChI is InChI=1S/C16H16N4O/c1-10-8-13-11(2)18-16(17)19-14(13)20(15(10)21)9-12-6-4-3-5-7-12/h3-8H,9H2,1-2H3,(H2,17,18,19). The van der Waals surface area contributed by atoms with Gasteiger partial charge in [0.2, 0.25) is 5.95 Å². The van der Waals surface area contributed by atoms with Crippen LogP contribution in [0.15, 0.2) is 41.2 Å². The average molecular weight is 280 g/mol. The molecule has 0 saturated heterocycles. The summed E-state index contributed by atoms with van der Waals surface area (Å²) in [6, 6.07) is 11.6. The molecule has 2 N–H and O–H groups in total. The highest BCUT2D eigenvalue weighted by Crippen LogP contribution is 2.17. The number of nitrogens with two attached hydrogens (primary N) is 1. The molecule has 0 saturated carbocycles. The third-order valence-electron chi connectivity index (χ3n) is 3.52. The zero-order chi connectivity index (χ0) is 15.0. The van der Waals surface area contributed by atoms with Crippen molar-refractivity contribution < 1.29 is 0 Å². The zero-order valence-corrected chi connectivity index (χ0v) is 12.0. The van der Waals surface area contributed by atoms with Crippen molar-refractivity contribution in [3.63, 3.8) is 0 Å². The second-order valence-corrected chi connectivity index (χ2v) is 5.11. The summed E-state index contributed by atoms with van der Waals surface area (Å²) in [5.74, 6) is 0.185. The number of benzene rings is 1. The van der Waals surface area contributed by atoms with E-state index in [0.29, 0.717) is 17.8 Å². The number of anilines is 1. The summed E-state index contributed by atoms with van der Waals surface area (Å²) in [5, 5.41) is 0.859. The molecule has 0 amide bonds. The van der Waals surface area contributed by atoms with E-state index in [4.69, 9.17) is 5.73 Å². The Morgan fingerprint density at radius 2 is 1.86 bits per heavy atom. The van der Waals surface area contributed by atoms with Crippen LogP contribution in [0.25, 0.3) is 11.0 Å². The van der Waals surface area contributed by atoms with Crippen LogP contribution < -0.4 is 11.3 Å². The number of aromatic nitrogens is 3. The molecule has 2 heterocycles.